The van der Waals surface area contributed by atoms with Crippen LogP contribution in [0.2, 0.25) is 5.02 Å². The molecule has 2 fully saturated rings. The van der Waals surface area contributed by atoms with Crippen LogP contribution < -0.4 is 10.0 Å². The lowest BCUT2D eigenvalue weighted by Gasteiger charge is -2.38. The van der Waals surface area contributed by atoms with Crippen LogP contribution in [0.1, 0.15) is 30.3 Å². The van der Waals surface area contributed by atoms with E-state index in [1.54, 1.807) is 11.6 Å². The molecule has 8 nitrogen and oxygen atoms in total. The van der Waals surface area contributed by atoms with Crippen LogP contribution in [0.15, 0.2) is 29.8 Å². The fraction of sp³-hybridized carbons (Fsp3) is 0.444. The molecule has 1 amide bonds. The molecule has 0 radical (unpaired) electrons. The van der Waals surface area contributed by atoms with E-state index in [1.807, 2.05) is 0 Å². The number of anilines is 1. The minimum absolute atomic E-state index is 0.0716. The second kappa shape index (κ2) is 8.85. The maximum atomic E-state index is 13.4. The number of aromatic nitrogens is 1. The van der Waals surface area contributed by atoms with Crippen LogP contribution in [-0.2, 0) is 19.7 Å². The third-order valence-electron chi connectivity index (χ3n) is 5.05. The number of thiazole rings is 1. The van der Waals surface area contributed by atoms with Gasteiger partial charge in [0, 0.05) is 30.4 Å². The molecule has 3 heterocycles. The molecule has 12 heteroatoms. The van der Waals surface area contributed by atoms with Crippen molar-refractivity contribution in [1.29, 1.82) is 0 Å². The summed E-state index contributed by atoms with van der Waals surface area (Å²) in [4.78, 5) is 17.3. The van der Waals surface area contributed by atoms with Crippen molar-refractivity contribution in [3.63, 3.8) is 0 Å². The highest BCUT2D eigenvalue weighted by molar-refractivity contribution is 7.87. The van der Waals surface area contributed by atoms with Gasteiger partial charge in [0.25, 0.3) is 10.2 Å². The van der Waals surface area contributed by atoms with Gasteiger partial charge in [0.05, 0.1) is 17.2 Å². The molecular formula is C18H20ClFN4O4S2. The van der Waals surface area contributed by atoms with Gasteiger partial charge in [-0.15, -0.1) is 11.3 Å². The minimum atomic E-state index is -3.96. The average molecular weight is 475 g/mol. The van der Waals surface area contributed by atoms with Crippen molar-refractivity contribution in [1.82, 2.24) is 14.0 Å². The Bertz CT molecular complexity index is 1020. The fourth-order valence-corrected chi connectivity index (χ4v) is 6.15. The van der Waals surface area contributed by atoms with E-state index >= 15 is 0 Å². The summed E-state index contributed by atoms with van der Waals surface area (Å²) in [5, 5.41) is 4.85. The number of carbonyl (C=O) groups is 1. The monoisotopic (exact) mass is 474 g/mol. The number of hydrogen-bond donors (Lipinski definition) is 2. The van der Waals surface area contributed by atoms with Crippen LogP contribution in [0, 0.1) is 5.82 Å². The quantitative estimate of drug-likeness (QED) is 0.694. The first-order valence-electron chi connectivity index (χ1n) is 9.39. The van der Waals surface area contributed by atoms with Gasteiger partial charge in [-0.2, -0.15) is 17.4 Å². The number of halogens is 2. The second-order valence-electron chi connectivity index (χ2n) is 7.12. The van der Waals surface area contributed by atoms with E-state index in [0.717, 1.165) is 23.2 Å². The van der Waals surface area contributed by atoms with Crippen molar-refractivity contribution in [3.05, 3.63) is 45.6 Å². The summed E-state index contributed by atoms with van der Waals surface area (Å²) >= 11 is 7.11. The highest BCUT2D eigenvalue weighted by Crippen LogP contribution is 2.32. The first kappa shape index (κ1) is 21.6. The van der Waals surface area contributed by atoms with Gasteiger partial charge in [0.1, 0.15) is 16.9 Å². The van der Waals surface area contributed by atoms with E-state index in [-0.39, 0.29) is 29.8 Å². The van der Waals surface area contributed by atoms with Crippen molar-refractivity contribution in [3.8, 4) is 0 Å². The number of amides is 1. The normalized spacial score (nSPS) is 26.5. The van der Waals surface area contributed by atoms with Gasteiger partial charge in [0.15, 0.2) is 0 Å². The zero-order valence-electron chi connectivity index (χ0n) is 15.8. The fourth-order valence-electron chi connectivity index (χ4n) is 3.61. The zero-order chi connectivity index (χ0) is 21.3. The zero-order valence-corrected chi connectivity index (χ0v) is 18.1. The Kier molecular flexibility index (Phi) is 6.37. The Morgan fingerprint density at radius 1 is 1.47 bits per heavy atom. The number of benzene rings is 1. The number of nitrogens with one attached hydrogen (secondary N) is 2. The Morgan fingerprint density at radius 2 is 2.30 bits per heavy atom. The topological polar surface area (TPSA) is 101 Å². The highest BCUT2D eigenvalue weighted by Gasteiger charge is 2.44. The molecule has 3 unspecified atom stereocenters. The van der Waals surface area contributed by atoms with Crippen molar-refractivity contribution < 1.29 is 22.3 Å². The molecule has 2 saturated heterocycles. The number of carbonyl (C=O) groups excluding carboxylic acids is 1. The third kappa shape index (κ3) is 4.66. The summed E-state index contributed by atoms with van der Waals surface area (Å²) in [6.07, 6.45) is 3.08. The predicted molar refractivity (Wildman–Crippen MR) is 111 cm³/mol. The van der Waals surface area contributed by atoms with Crippen LogP contribution in [-0.4, -0.2) is 48.9 Å². The number of ether oxygens (including phenoxy) is 1. The van der Waals surface area contributed by atoms with Gasteiger partial charge in [-0.25, -0.2) is 9.37 Å². The molecule has 0 spiro atoms. The Balaban J connectivity index is 1.61. The molecule has 162 valence electrons. The summed E-state index contributed by atoms with van der Waals surface area (Å²) in [5.74, 6) is -1.13. The predicted octanol–water partition coefficient (Wildman–Crippen LogP) is 2.70. The van der Waals surface area contributed by atoms with Gasteiger partial charge in [-0.05, 0) is 37.5 Å². The second-order valence-corrected chi connectivity index (χ2v) is 10.1. The van der Waals surface area contributed by atoms with E-state index in [0.29, 0.717) is 11.6 Å². The first-order valence-corrected chi connectivity index (χ1v) is 12.1. The minimum Gasteiger partial charge on any atom is -0.377 e. The molecule has 2 aliphatic rings. The molecule has 3 atom stereocenters. The van der Waals surface area contributed by atoms with E-state index in [9.17, 15) is 17.6 Å². The largest absolute Gasteiger partial charge is 0.377 e. The lowest BCUT2D eigenvalue weighted by Crippen LogP contribution is -2.59. The maximum absolute atomic E-state index is 13.4. The van der Waals surface area contributed by atoms with Gasteiger partial charge < -0.3 is 10.1 Å². The highest BCUT2D eigenvalue weighted by atomic mass is 35.5. The molecule has 1 aromatic carbocycles. The van der Waals surface area contributed by atoms with Crippen LogP contribution in [0.4, 0.5) is 10.1 Å². The Labute approximate surface area is 182 Å². The average Bonchev–Trinajstić information content (AvgIpc) is 3.40. The Morgan fingerprint density at radius 3 is 2.97 bits per heavy atom. The van der Waals surface area contributed by atoms with Crippen LogP contribution >= 0.6 is 22.9 Å². The molecule has 0 saturated carbocycles. The molecule has 0 aliphatic carbocycles. The van der Waals surface area contributed by atoms with E-state index in [4.69, 9.17) is 16.3 Å². The van der Waals surface area contributed by atoms with E-state index in [2.05, 4.69) is 15.0 Å². The van der Waals surface area contributed by atoms with Crippen LogP contribution in [0.5, 0.6) is 0 Å². The smallest absolute Gasteiger partial charge is 0.280 e. The molecule has 2 aliphatic heterocycles. The molecule has 4 rings (SSSR count). The van der Waals surface area contributed by atoms with Gasteiger partial charge in [-0.1, -0.05) is 11.6 Å². The summed E-state index contributed by atoms with van der Waals surface area (Å²) in [6.45, 7) is 0.640. The molecule has 1 aromatic heterocycles. The summed E-state index contributed by atoms with van der Waals surface area (Å²) in [7, 11) is -3.96. The molecule has 2 aromatic rings. The maximum Gasteiger partial charge on any atom is 0.280 e. The van der Waals surface area contributed by atoms with Gasteiger partial charge >= 0.3 is 0 Å². The summed E-state index contributed by atoms with van der Waals surface area (Å²) in [5.41, 5.74) is 0.283. The number of rotatable bonds is 5. The standard InChI is InChI=1S/C18H20ClFN4O4S2/c19-13-8-11(3-4-14(13)20)22-17(25)16-9-15(18-21-5-7-29-18)23-30(26,27)24(16)10-12-2-1-6-28-12/h3-5,7-8,12,15-16,23H,1-2,6,9-10H2,(H,22,25). The van der Waals surface area contributed by atoms with E-state index in [1.165, 1.54) is 23.5 Å². The SMILES string of the molecule is O=C(Nc1ccc(F)c(Cl)c1)C1CC(c2nccs2)NS(=O)(=O)N1CC1CCCO1. The van der Waals surface area contributed by atoms with Crippen LogP contribution in [0.25, 0.3) is 0 Å². The van der Waals surface area contributed by atoms with Crippen LogP contribution in [0.3, 0.4) is 0 Å². The van der Waals surface area contributed by atoms with Crippen molar-refractivity contribution in [2.24, 2.45) is 0 Å². The van der Waals surface area contributed by atoms with Gasteiger partial charge in [0.2, 0.25) is 5.91 Å². The lowest BCUT2D eigenvalue weighted by molar-refractivity contribution is -0.120. The van der Waals surface area contributed by atoms with E-state index < -0.39 is 34.0 Å². The molecule has 2 N–H and O–H groups in total. The van der Waals surface area contributed by atoms with Gasteiger partial charge in [-0.3, -0.25) is 4.79 Å². The Hall–Kier alpha value is -1.63. The van der Waals surface area contributed by atoms with Crippen molar-refractivity contribution in [2.75, 3.05) is 18.5 Å². The molecule has 30 heavy (non-hydrogen) atoms. The van der Waals surface area contributed by atoms with Crippen molar-refractivity contribution in [2.45, 2.75) is 37.5 Å². The third-order valence-corrected chi connectivity index (χ3v) is 7.84. The number of hydrogen-bond acceptors (Lipinski definition) is 6. The number of nitrogens with zero attached hydrogens (tertiary/aromatic N) is 2. The molecule has 0 bridgehead atoms. The van der Waals surface area contributed by atoms with Crippen molar-refractivity contribution >= 4 is 44.7 Å². The lowest BCUT2D eigenvalue weighted by atomic mass is 10.1. The first-order chi connectivity index (χ1) is 14.3. The molecular weight excluding hydrogens is 455 g/mol. The summed E-state index contributed by atoms with van der Waals surface area (Å²) < 4.78 is 48.8. The summed E-state index contributed by atoms with van der Waals surface area (Å²) in [6, 6.07) is 2.19.